The van der Waals surface area contributed by atoms with Crippen molar-refractivity contribution in [1.29, 1.82) is 0 Å². The van der Waals surface area contributed by atoms with E-state index < -0.39 is 5.97 Å². The van der Waals surface area contributed by atoms with Gasteiger partial charge in [-0.3, -0.25) is 0 Å². The molecule has 0 radical (unpaired) electrons. The molecular formula is C15H22N2O3. The summed E-state index contributed by atoms with van der Waals surface area (Å²) in [6, 6.07) is 3.12. The number of furan rings is 1. The summed E-state index contributed by atoms with van der Waals surface area (Å²) in [5.74, 6) is 0.489. The van der Waals surface area contributed by atoms with E-state index in [0.717, 1.165) is 24.5 Å². The molecule has 110 valence electrons. The Bertz CT molecular complexity index is 471. The first-order valence-electron chi connectivity index (χ1n) is 7.37. The Balaban J connectivity index is 1.45. The first-order chi connectivity index (χ1) is 9.63. The van der Waals surface area contributed by atoms with Crippen molar-refractivity contribution in [3.63, 3.8) is 0 Å². The summed E-state index contributed by atoms with van der Waals surface area (Å²) in [5.41, 5.74) is 0.221. The summed E-state index contributed by atoms with van der Waals surface area (Å²) in [7, 11) is 2.25. The number of rotatable bonds is 5. The van der Waals surface area contributed by atoms with Crippen molar-refractivity contribution >= 4 is 5.97 Å². The van der Waals surface area contributed by atoms with Gasteiger partial charge in [0.2, 0.25) is 0 Å². The molecule has 2 N–H and O–H groups in total. The smallest absolute Gasteiger partial charge is 0.338 e. The highest BCUT2D eigenvalue weighted by molar-refractivity contribution is 5.87. The lowest BCUT2D eigenvalue weighted by atomic mass is 9.91. The second kappa shape index (κ2) is 5.58. The van der Waals surface area contributed by atoms with Crippen molar-refractivity contribution in [3.8, 4) is 0 Å². The predicted molar refractivity (Wildman–Crippen MR) is 74.7 cm³/mol. The van der Waals surface area contributed by atoms with E-state index in [1.54, 1.807) is 6.07 Å². The number of nitrogens with zero attached hydrogens (tertiary/aromatic N) is 1. The number of nitrogens with one attached hydrogen (secondary N) is 1. The molecule has 2 saturated heterocycles. The summed E-state index contributed by atoms with van der Waals surface area (Å²) in [6.45, 7) is 1.60. The molecule has 20 heavy (non-hydrogen) atoms. The van der Waals surface area contributed by atoms with E-state index in [1.807, 2.05) is 0 Å². The van der Waals surface area contributed by atoms with Crippen molar-refractivity contribution in [1.82, 2.24) is 10.2 Å². The molecule has 5 nitrogen and oxygen atoms in total. The van der Waals surface area contributed by atoms with Crippen molar-refractivity contribution in [3.05, 3.63) is 23.7 Å². The maximum Gasteiger partial charge on any atom is 0.338 e. The summed E-state index contributed by atoms with van der Waals surface area (Å²) in [4.78, 5) is 13.3. The Morgan fingerprint density at radius 1 is 1.45 bits per heavy atom. The first-order valence-corrected chi connectivity index (χ1v) is 7.37. The van der Waals surface area contributed by atoms with Crippen LogP contribution in [-0.4, -0.2) is 41.7 Å². The molecule has 2 atom stereocenters. The molecule has 3 heterocycles. The number of aromatic carboxylic acids is 1. The van der Waals surface area contributed by atoms with Gasteiger partial charge in [-0.1, -0.05) is 0 Å². The van der Waals surface area contributed by atoms with Gasteiger partial charge in [-0.15, -0.1) is 0 Å². The molecule has 5 heteroatoms. The first kappa shape index (κ1) is 13.6. The molecule has 2 fully saturated rings. The predicted octanol–water partition coefficient (Wildman–Crippen LogP) is 1.94. The van der Waals surface area contributed by atoms with Gasteiger partial charge in [-0.2, -0.15) is 0 Å². The fourth-order valence-corrected chi connectivity index (χ4v) is 3.68. The van der Waals surface area contributed by atoms with Crippen molar-refractivity contribution in [2.75, 3.05) is 13.6 Å². The van der Waals surface area contributed by atoms with E-state index in [2.05, 4.69) is 17.3 Å². The molecule has 0 aromatic carbocycles. The van der Waals surface area contributed by atoms with Gasteiger partial charge in [0.05, 0.1) is 12.1 Å². The lowest BCUT2D eigenvalue weighted by Gasteiger charge is -2.36. The second-order valence-corrected chi connectivity index (χ2v) is 6.13. The summed E-state index contributed by atoms with van der Waals surface area (Å²) in [5, 5.41) is 12.2. The molecule has 0 aliphatic carbocycles. The Morgan fingerprint density at radius 2 is 2.15 bits per heavy atom. The minimum absolute atomic E-state index is 0.221. The number of carboxylic acids is 1. The molecule has 0 amide bonds. The molecular weight excluding hydrogens is 256 g/mol. The SMILES string of the molecule is CN1C2CCC1CC(CNCc1cc(C(=O)O)co1)C2. The molecule has 1 aromatic heterocycles. The standard InChI is InChI=1S/C15H22N2O3/c1-17-12-2-3-13(17)5-10(4-12)7-16-8-14-6-11(9-20-14)15(18)19/h6,9-10,12-13,16H,2-5,7-8H2,1H3,(H,18,19). The van der Waals surface area contributed by atoms with Crippen LogP contribution in [0.3, 0.4) is 0 Å². The van der Waals surface area contributed by atoms with Crippen LogP contribution in [0.5, 0.6) is 0 Å². The number of hydrogen-bond donors (Lipinski definition) is 2. The molecule has 3 rings (SSSR count). The summed E-state index contributed by atoms with van der Waals surface area (Å²) in [6.07, 6.45) is 6.54. The lowest BCUT2D eigenvalue weighted by molar-refractivity contribution is 0.0696. The number of carbonyl (C=O) groups is 1. The minimum atomic E-state index is -0.938. The fourth-order valence-electron chi connectivity index (χ4n) is 3.68. The molecule has 0 saturated carbocycles. The van der Waals surface area contributed by atoms with Crippen LogP contribution in [-0.2, 0) is 6.54 Å². The molecule has 2 unspecified atom stereocenters. The topological polar surface area (TPSA) is 65.7 Å². The lowest BCUT2D eigenvalue weighted by Crippen LogP contribution is -2.42. The number of piperidine rings is 1. The third-order valence-electron chi connectivity index (χ3n) is 4.83. The van der Waals surface area contributed by atoms with E-state index in [0.29, 0.717) is 12.3 Å². The van der Waals surface area contributed by atoms with Crippen LogP contribution in [0.25, 0.3) is 0 Å². The highest BCUT2D eigenvalue weighted by Crippen LogP contribution is 2.36. The van der Waals surface area contributed by atoms with Gasteiger partial charge in [0.15, 0.2) is 0 Å². The van der Waals surface area contributed by atoms with Gasteiger partial charge in [0, 0.05) is 12.1 Å². The molecule has 2 bridgehead atoms. The Kier molecular flexibility index (Phi) is 3.81. The van der Waals surface area contributed by atoms with Gasteiger partial charge < -0.3 is 19.7 Å². The van der Waals surface area contributed by atoms with Crippen LogP contribution in [0.4, 0.5) is 0 Å². The second-order valence-electron chi connectivity index (χ2n) is 6.13. The van der Waals surface area contributed by atoms with Gasteiger partial charge >= 0.3 is 5.97 Å². The summed E-state index contributed by atoms with van der Waals surface area (Å²) >= 11 is 0. The third kappa shape index (κ3) is 2.74. The number of carboxylic acid groups (broad SMARTS) is 1. The molecule has 2 aliphatic rings. The normalized spacial score (nSPS) is 29.8. The van der Waals surface area contributed by atoms with Gasteiger partial charge in [-0.05, 0) is 51.3 Å². The van der Waals surface area contributed by atoms with Crippen LogP contribution < -0.4 is 5.32 Å². The van der Waals surface area contributed by atoms with E-state index in [-0.39, 0.29) is 5.56 Å². The number of hydrogen-bond acceptors (Lipinski definition) is 4. The minimum Gasteiger partial charge on any atom is -0.478 e. The van der Waals surface area contributed by atoms with Crippen LogP contribution in [0.2, 0.25) is 0 Å². The highest BCUT2D eigenvalue weighted by atomic mass is 16.4. The maximum atomic E-state index is 10.8. The Hall–Kier alpha value is -1.33. The van der Waals surface area contributed by atoms with Gasteiger partial charge in [0.25, 0.3) is 0 Å². The maximum absolute atomic E-state index is 10.8. The molecule has 1 aromatic rings. The average molecular weight is 278 g/mol. The van der Waals surface area contributed by atoms with E-state index in [9.17, 15) is 4.79 Å². The van der Waals surface area contributed by atoms with E-state index in [4.69, 9.17) is 9.52 Å². The zero-order valence-electron chi connectivity index (χ0n) is 11.8. The monoisotopic (exact) mass is 278 g/mol. The molecule has 0 spiro atoms. The van der Waals surface area contributed by atoms with E-state index >= 15 is 0 Å². The van der Waals surface area contributed by atoms with Crippen molar-refractivity contribution < 1.29 is 14.3 Å². The third-order valence-corrected chi connectivity index (χ3v) is 4.83. The quantitative estimate of drug-likeness (QED) is 0.861. The van der Waals surface area contributed by atoms with Crippen LogP contribution in [0, 0.1) is 5.92 Å². The van der Waals surface area contributed by atoms with E-state index in [1.165, 1.54) is 31.9 Å². The fraction of sp³-hybridized carbons (Fsp3) is 0.667. The van der Waals surface area contributed by atoms with Gasteiger partial charge in [0.1, 0.15) is 12.0 Å². The van der Waals surface area contributed by atoms with Gasteiger partial charge in [-0.25, -0.2) is 4.79 Å². The zero-order valence-corrected chi connectivity index (χ0v) is 11.8. The van der Waals surface area contributed by atoms with Crippen molar-refractivity contribution in [2.45, 2.75) is 44.3 Å². The Morgan fingerprint density at radius 3 is 2.75 bits per heavy atom. The average Bonchev–Trinajstić information content (AvgIpc) is 2.93. The number of fused-ring (bicyclic) bond motifs is 2. The summed E-state index contributed by atoms with van der Waals surface area (Å²) < 4.78 is 5.24. The molecule has 2 aliphatic heterocycles. The van der Waals surface area contributed by atoms with Crippen LogP contribution in [0.15, 0.2) is 16.7 Å². The van der Waals surface area contributed by atoms with Crippen molar-refractivity contribution in [2.24, 2.45) is 5.92 Å². The van der Waals surface area contributed by atoms with Crippen LogP contribution in [0.1, 0.15) is 41.8 Å². The largest absolute Gasteiger partial charge is 0.478 e. The Labute approximate surface area is 118 Å². The zero-order chi connectivity index (χ0) is 14.1. The highest BCUT2D eigenvalue weighted by Gasteiger charge is 2.37. The van der Waals surface area contributed by atoms with Crippen LogP contribution >= 0.6 is 0 Å².